The van der Waals surface area contributed by atoms with Crippen LogP contribution in [0.15, 0.2) is 18.2 Å². The summed E-state index contributed by atoms with van der Waals surface area (Å²) in [6, 6.07) is 5.73. The molecule has 1 amide bonds. The maximum absolute atomic E-state index is 12.7. The molecule has 5 unspecified atom stereocenters. The molecule has 0 radical (unpaired) electrons. The van der Waals surface area contributed by atoms with Crippen LogP contribution in [-0.2, 0) is 4.79 Å². The molecule has 146 valence electrons. The molecule has 6 heteroatoms. The van der Waals surface area contributed by atoms with Crippen molar-refractivity contribution in [2.75, 3.05) is 7.11 Å². The summed E-state index contributed by atoms with van der Waals surface area (Å²) in [6.07, 6.45) is 3.51. The number of amides is 1. The van der Waals surface area contributed by atoms with Gasteiger partial charge >= 0.3 is 0 Å². The van der Waals surface area contributed by atoms with Gasteiger partial charge in [-0.3, -0.25) is 4.79 Å². The third kappa shape index (κ3) is 4.09. The van der Waals surface area contributed by atoms with Gasteiger partial charge in [0.1, 0.15) is 0 Å². The summed E-state index contributed by atoms with van der Waals surface area (Å²) >= 11 is 0. The Bertz CT molecular complexity index is 635. The van der Waals surface area contributed by atoms with Gasteiger partial charge in [-0.1, -0.05) is 6.07 Å². The second kappa shape index (κ2) is 8.49. The highest BCUT2D eigenvalue weighted by atomic mass is 35.5. The fourth-order valence-electron chi connectivity index (χ4n) is 4.42. The van der Waals surface area contributed by atoms with Gasteiger partial charge in [-0.25, -0.2) is 0 Å². The molecule has 26 heavy (non-hydrogen) atoms. The Morgan fingerprint density at radius 1 is 1.19 bits per heavy atom. The average molecular weight is 383 g/mol. The lowest BCUT2D eigenvalue weighted by molar-refractivity contribution is -0.127. The molecular formula is C20H31ClN2O3. The lowest BCUT2D eigenvalue weighted by atomic mass is 9.84. The van der Waals surface area contributed by atoms with Crippen molar-refractivity contribution in [3.63, 3.8) is 0 Å². The molecule has 0 heterocycles. The zero-order chi connectivity index (χ0) is 18.1. The SMILES string of the molecule is COc1cc(C(C)NC(=O)C2C3CCC(C3)C2N)ccc1OC(C)C.Cl. The second-order valence-electron chi connectivity index (χ2n) is 7.74. The van der Waals surface area contributed by atoms with E-state index >= 15 is 0 Å². The van der Waals surface area contributed by atoms with E-state index in [-0.39, 0.29) is 42.4 Å². The number of rotatable bonds is 6. The van der Waals surface area contributed by atoms with E-state index in [0.29, 0.717) is 17.6 Å². The van der Waals surface area contributed by atoms with E-state index in [9.17, 15) is 4.79 Å². The molecule has 3 N–H and O–H groups in total. The summed E-state index contributed by atoms with van der Waals surface area (Å²) in [5.74, 6) is 2.45. The molecule has 2 saturated carbocycles. The van der Waals surface area contributed by atoms with Crippen LogP contribution < -0.4 is 20.5 Å². The quantitative estimate of drug-likeness (QED) is 0.790. The van der Waals surface area contributed by atoms with Crippen LogP contribution in [0.4, 0.5) is 0 Å². The minimum atomic E-state index is -0.0965. The number of carbonyl (C=O) groups excluding carboxylic acids is 1. The Balaban J connectivity index is 0.00000243. The van der Waals surface area contributed by atoms with Gasteiger partial charge in [0.2, 0.25) is 5.91 Å². The first-order valence-electron chi connectivity index (χ1n) is 9.31. The zero-order valence-corrected chi connectivity index (χ0v) is 16.8. The van der Waals surface area contributed by atoms with E-state index in [1.807, 2.05) is 39.0 Å². The molecule has 2 bridgehead atoms. The van der Waals surface area contributed by atoms with Crippen LogP contribution in [0.1, 0.15) is 51.6 Å². The number of hydrogen-bond acceptors (Lipinski definition) is 4. The Morgan fingerprint density at radius 2 is 1.88 bits per heavy atom. The predicted molar refractivity (Wildman–Crippen MR) is 105 cm³/mol. The normalized spacial score (nSPS) is 27.8. The highest BCUT2D eigenvalue weighted by Crippen LogP contribution is 2.47. The Hall–Kier alpha value is -1.46. The van der Waals surface area contributed by atoms with Crippen LogP contribution in [0, 0.1) is 17.8 Å². The molecule has 5 atom stereocenters. The fourth-order valence-corrected chi connectivity index (χ4v) is 4.42. The van der Waals surface area contributed by atoms with Gasteiger partial charge in [-0.05, 0) is 69.6 Å². The van der Waals surface area contributed by atoms with E-state index in [1.165, 1.54) is 6.42 Å². The van der Waals surface area contributed by atoms with Gasteiger partial charge in [-0.15, -0.1) is 12.4 Å². The molecule has 2 aliphatic carbocycles. The largest absolute Gasteiger partial charge is 0.493 e. The van der Waals surface area contributed by atoms with Crippen LogP contribution >= 0.6 is 12.4 Å². The summed E-state index contributed by atoms with van der Waals surface area (Å²) in [6.45, 7) is 5.96. The summed E-state index contributed by atoms with van der Waals surface area (Å²) in [5.41, 5.74) is 7.29. The topological polar surface area (TPSA) is 73.6 Å². The fraction of sp³-hybridized carbons (Fsp3) is 0.650. The minimum Gasteiger partial charge on any atom is -0.493 e. The summed E-state index contributed by atoms with van der Waals surface area (Å²) < 4.78 is 11.2. The van der Waals surface area contributed by atoms with Gasteiger partial charge < -0.3 is 20.5 Å². The number of nitrogens with two attached hydrogens (primary N) is 1. The first-order chi connectivity index (χ1) is 11.9. The molecular weight excluding hydrogens is 352 g/mol. The van der Waals surface area contributed by atoms with Crippen LogP contribution in [0.5, 0.6) is 11.5 Å². The molecule has 2 fully saturated rings. The van der Waals surface area contributed by atoms with Crippen molar-refractivity contribution in [3.05, 3.63) is 23.8 Å². The van der Waals surface area contributed by atoms with Crippen LogP contribution in [0.2, 0.25) is 0 Å². The molecule has 0 saturated heterocycles. The molecule has 3 rings (SSSR count). The van der Waals surface area contributed by atoms with Gasteiger partial charge in [0.25, 0.3) is 0 Å². The van der Waals surface area contributed by atoms with Gasteiger partial charge in [-0.2, -0.15) is 0 Å². The number of methoxy groups -OCH3 is 1. The number of nitrogens with one attached hydrogen (secondary N) is 1. The van der Waals surface area contributed by atoms with Crippen LogP contribution in [0.3, 0.4) is 0 Å². The third-order valence-corrected chi connectivity index (χ3v) is 5.69. The predicted octanol–water partition coefficient (Wildman–Crippen LogP) is 3.45. The van der Waals surface area contributed by atoms with Crippen molar-refractivity contribution >= 4 is 18.3 Å². The lowest BCUT2D eigenvalue weighted by Gasteiger charge is -2.28. The van der Waals surface area contributed by atoms with E-state index in [2.05, 4.69) is 5.32 Å². The van der Waals surface area contributed by atoms with E-state index in [4.69, 9.17) is 15.2 Å². The van der Waals surface area contributed by atoms with E-state index < -0.39 is 0 Å². The number of benzene rings is 1. The molecule has 5 nitrogen and oxygen atoms in total. The van der Waals surface area contributed by atoms with Crippen molar-refractivity contribution in [1.29, 1.82) is 0 Å². The first kappa shape index (κ1) is 20.8. The van der Waals surface area contributed by atoms with Crippen LogP contribution in [-0.4, -0.2) is 25.2 Å². The molecule has 0 aliphatic heterocycles. The smallest absolute Gasteiger partial charge is 0.225 e. The Kier molecular flexibility index (Phi) is 6.80. The second-order valence-corrected chi connectivity index (χ2v) is 7.74. The summed E-state index contributed by atoms with van der Waals surface area (Å²) in [5, 5.41) is 3.15. The standard InChI is InChI=1S/C20H30N2O3.ClH/c1-11(2)25-16-8-7-13(10-17(16)24-4)12(3)22-20(23)18-14-5-6-15(9-14)19(18)21;/h7-8,10-12,14-15,18-19H,5-6,9,21H2,1-4H3,(H,22,23);1H. The highest BCUT2D eigenvalue weighted by molar-refractivity contribution is 5.85. The number of fused-ring (bicyclic) bond motifs is 2. The van der Waals surface area contributed by atoms with Gasteiger partial charge in [0.15, 0.2) is 11.5 Å². The number of hydrogen-bond donors (Lipinski definition) is 2. The van der Waals surface area contributed by atoms with Crippen molar-refractivity contribution in [3.8, 4) is 11.5 Å². The zero-order valence-electron chi connectivity index (χ0n) is 16.0. The van der Waals surface area contributed by atoms with Crippen molar-refractivity contribution in [2.24, 2.45) is 23.5 Å². The van der Waals surface area contributed by atoms with Crippen molar-refractivity contribution in [1.82, 2.24) is 5.32 Å². The van der Waals surface area contributed by atoms with Gasteiger partial charge in [0, 0.05) is 6.04 Å². The molecule has 1 aromatic rings. The molecule has 0 spiro atoms. The molecule has 2 aliphatic rings. The Labute approximate surface area is 162 Å². The lowest BCUT2D eigenvalue weighted by Crippen LogP contribution is -2.45. The van der Waals surface area contributed by atoms with Crippen molar-refractivity contribution < 1.29 is 14.3 Å². The first-order valence-corrected chi connectivity index (χ1v) is 9.31. The molecule has 0 aromatic heterocycles. The monoisotopic (exact) mass is 382 g/mol. The van der Waals surface area contributed by atoms with E-state index in [0.717, 1.165) is 24.2 Å². The third-order valence-electron chi connectivity index (χ3n) is 5.69. The maximum Gasteiger partial charge on any atom is 0.225 e. The Morgan fingerprint density at radius 3 is 2.46 bits per heavy atom. The van der Waals surface area contributed by atoms with Crippen molar-refractivity contribution in [2.45, 2.75) is 58.2 Å². The highest BCUT2D eigenvalue weighted by Gasteiger charge is 2.49. The maximum atomic E-state index is 12.7. The van der Waals surface area contributed by atoms with Gasteiger partial charge in [0.05, 0.1) is 25.2 Å². The summed E-state index contributed by atoms with van der Waals surface area (Å²) in [4.78, 5) is 12.7. The van der Waals surface area contributed by atoms with Crippen LogP contribution in [0.25, 0.3) is 0 Å². The van der Waals surface area contributed by atoms with E-state index in [1.54, 1.807) is 7.11 Å². The minimum absolute atomic E-state index is 0. The number of ether oxygens (including phenoxy) is 2. The summed E-state index contributed by atoms with van der Waals surface area (Å²) in [7, 11) is 1.63. The number of carbonyl (C=O) groups is 1. The average Bonchev–Trinajstić information content (AvgIpc) is 3.15. The molecule has 1 aromatic carbocycles. The number of halogens is 1.